The molecule has 1 unspecified atom stereocenters. The molecule has 0 aliphatic carbocycles. The van der Waals surface area contributed by atoms with Crippen LogP contribution in [-0.4, -0.2) is 51.6 Å². The van der Waals surface area contributed by atoms with Crippen molar-refractivity contribution in [3.05, 3.63) is 28.3 Å². The number of carbonyl (C=O) groups is 1. The number of anilines is 1. The summed E-state index contributed by atoms with van der Waals surface area (Å²) >= 11 is 0. The van der Waals surface area contributed by atoms with Crippen molar-refractivity contribution >= 4 is 28.6 Å². The van der Waals surface area contributed by atoms with E-state index in [1.54, 1.807) is 6.07 Å². The number of nitrogens with one attached hydrogen (secondary N) is 2. The van der Waals surface area contributed by atoms with E-state index in [2.05, 4.69) is 15.3 Å². The number of aliphatic carboxylic acids is 1. The number of fused-ring (bicyclic) bond motifs is 1. The number of hydrogen-bond acceptors (Lipinski definition) is 6. The third kappa shape index (κ3) is 2.50. The number of benzene rings is 1. The highest BCUT2D eigenvalue weighted by Crippen LogP contribution is 2.22. The lowest BCUT2D eigenvalue weighted by atomic mass is 10.2. The number of nitro groups is 1. The minimum Gasteiger partial charge on any atom is -0.480 e. The van der Waals surface area contributed by atoms with Crippen LogP contribution in [0.1, 0.15) is 0 Å². The number of carboxylic acid groups (broad SMARTS) is 1. The lowest BCUT2D eigenvalue weighted by Crippen LogP contribution is -2.54. The van der Waals surface area contributed by atoms with Gasteiger partial charge in [-0.25, -0.2) is 4.98 Å². The summed E-state index contributed by atoms with van der Waals surface area (Å²) in [7, 11) is 0. The predicted octanol–water partition coefficient (Wildman–Crippen LogP) is 0.334. The number of H-pyrrole nitrogens is 1. The van der Waals surface area contributed by atoms with Gasteiger partial charge in [0.1, 0.15) is 6.04 Å². The van der Waals surface area contributed by atoms with E-state index < -0.39 is 16.9 Å². The molecular formula is C12H13N5O4. The van der Waals surface area contributed by atoms with Crippen LogP contribution in [0.25, 0.3) is 11.0 Å². The van der Waals surface area contributed by atoms with Crippen molar-refractivity contribution < 1.29 is 14.8 Å². The van der Waals surface area contributed by atoms with Crippen LogP contribution in [0.2, 0.25) is 0 Å². The molecule has 110 valence electrons. The van der Waals surface area contributed by atoms with Gasteiger partial charge < -0.3 is 20.3 Å². The third-order valence-electron chi connectivity index (χ3n) is 3.44. The van der Waals surface area contributed by atoms with E-state index in [4.69, 9.17) is 5.11 Å². The van der Waals surface area contributed by atoms with Crippen molar-refractivity contribution in [1.82, 2.24) is 15.3 Å². The average molecular weight is 291 g/mol. The molecule has 3 rings (SSSR count). The third-order valence-corrected chi connectivity index (χ3v) is 3.44. The molecule has 1 atom stereocenters. The van der Waals surface area contributed by atoms with E-state index in [1.165, 1.54) is 12.1 Å². The van der Waals surface area contributed by atoms with Crippen molar-refractivity contribution in [3.8, 4) is 0 Å². The van der Waals surface area contributed by atoms with E-state index in [-0.39, 0.29) is 12.2 Å². The van der Waals surface area contributed by atoms with Gasteiger partial charge in [0.15, 0.2) is 0 Å². The van der Waals surface area contributed by atoms with Gasteiger partial charge in [0.25, 0.3) is 5.69 Å². The maximum Gasteiger partial charge on any atom is 0.322 e. The van der Waals surface area contributed by atoms with E-state index in [0.29, 0.717) is 30.1 Å². The Kier molecular flexibility index (Phi) is 3.18. The van der Waals surface area contributed by atoms with Crippen LogP contribution in [-0.2, 0) is 4.79 Å². The van der Waals surface area contributed by atoms with Gasteiger partial charge in [-0.2, -0.15) is 0 Å². The van der Waals surface area contributed by atoms with Crippen LogP contribution >= 0.6 is 0 Å². The smallest absolute Gasteiger partial charge is 0.322 e. The molecule has 9 nitrogen and oxygen atoms in total. The van der Waals surface area contributed by atoms with Crippen LogP contribution in [0, 0.1) is 10.1 Å². The Morgan fingerprint density at radius 2 is 2.33 bits per heavy atom. The summed E-state index contributed by atoms with van der Waals surface area (Å²) in [6, 6.07) is 3.74. The number of rotatable bonds is 3. The number of piperazine rings is 1. The molecule has 9 heteroatoms. The lowest BCUT2D eigenvalue weighted by molar-refractivity contribution is -0.384. The zero-order chi connectivity index (χ0) is 15.0. The molecule has 0 spiro atoms. The molecule has 1 fully saturated rings. The number of hydrogen-bond donors (Lipinski definition) is 3. The molecule has 21 heavy (non-hydrogen) atoms. The zero-order valence-corrected chi connectivity index (χ0v) is 10.9. The summed E-state index contributed by atoms with van der Waals surface area (Å²) < 4.78 is 0. The summed E-state index contributed by atoms with van der Waals surface area (Å²) in [5.41, 5.74) is 1.16. The SMILES string of the molecule is O=C(O)C1CN(c2nc3ccc([N+](=O)[O-])cc3[nH]2)CCN1. The molecule has 0 amide bonds. The first-order chi connectivity index (χ1) is 10.0. The highest BCUT2D eigenvalue weighted by Gasteiger charge is 2.26. The zero-order valence-electron chi connectivity index (χ0n) is 10.9. The standard InChI is InChI=1S/C12H13N5O4/c18-11(19)10-6-16(4-3-13-10)12-14-8-2-1-7(17(20)21)5-9(8)15-12/h1-2,5,10,13H,3-4,6H2,(H,14,15)(H,18,19). The fraction of sp³-hybridized carbons (Fsp3) is 0.333. The number of nitro benzene ring substituents is 1. The number of carboxylic acids is 1. The Morgan fingerprint density at radius 3 is 3.05 bits per heavy atom. The molecular weight excluding hydrogens is 278 g/mol. The second kappa shape index (κ2) is 5.02. The van der Waals surface area contributed by atoms with Crippen molar-refractivity contribution in [2.24, 2.45) is 0 Å². The number of aromatic amines is 1. The molecule has 1 aromatic carbocycles. The van der Waals surface area contributed by atoms with Crippen LogP contribution < -0.4 is 10.2 Å². The molecule has 3 N–H and O–H groups in total. The second-order valence-electron chi connectivity index (χ2n) is 4.81. The summed E-state index contributed by atoms with van der Waals surface area (Å²) in [5.74, 6) is -0.385. The van der Waals surface area contributed by atoms with Crippen molar-refractivity contribution in [3.63, 3.8) is 0 Å². The second-order valence-corrected chi connectivity index (χ2v) is 4.81. The van der Waals surface area contributed by atoms with Gasteiger partial charge in [-0.15, -0.1) is 0 Å². The first kappa shape index (κ1) is 13.3. The molecule has 0 bridgehead atoms. The summed E-state index contributed by atoms with van der Waals surface area (Å²) in [4.78, 5) is 30.5. The molecule has 2 aromatic rings. The maximum atomic E-state index is 11.0. The highest BCUT2D eigenvalue weighted by atomic mass is 16.6. The van der Waals surface area contributed by atoms with E-state index in [0.717, 1.165) is 0 Å². The van der Waals surface area contributed by atoms with Gasteiger partial charge in [-0.3, -0.25) is 14.9 Å². The number of nitrogens with zero attached hydrogens (tertiary/aromatic N) is 3. The maximum absolute atomic E-state index is 11.0. The fourth-order valence-corrected chi connectivity index (χ4v) is 2.36. The Balaban J connectivity index is 1.90. The normalized spacial score (nSPS) is 18.9. The first-order valence-electron chi connectivity index (χ1n) is 6.40. The van der Waals surface area contributed by atoms with Gasteiger partial charge in [0, 0.05) is 31.8 Å². The fourth-order valence-electron chi connectivity index (χ4n) is 2.36. The molecule has 0 saturated carbocycles. The quantitative estimate of drug-likeness (QED) is 0.550. The topological polar surface area (TPSA) is 124 Å². The summed E-state index contributed by atoms with van der Waals surface area (Å²) in [6.07, 6.45) is 0. The molecule has 1 saturated heterocycles. The Morgan fingerprint density at radius 1 is 1.52 bits per heavy atom. The average Bonchev–Trinajstić information content (AvgIpc) is 2.90. The monoisotopic (exact) mass is 291 g/mol. The van der Waals surface area contributed by atoms with Crippen molar-refractivity contribution in [2.45, 2.75) is 6.04 Å². The minimum absolute atomic E-state index is 0.0126. The summed E-state index contributed by atoms with van der Waals surface area (Å²) in [5, 5.41) is 22.7. The number of imidazole rings is 1. The Labute approximate surface area is 118 Å². The van der Waals surface area contributed by atoms with Crippen molar-refractivity contribution in [2.75, 3.05) is 24.5 Å². The number of non-ortho nitro benzene ring substituents is 1. The van der Waals surface area contributed by atoms with Crippen LogP contribution in [0.4, 0.5) is 11.6 Å². The first-order valence-corrected chi connectivity index (χ1v) is 6.40. The van der Waals surface area contributed by atoms with Crippen LogP contribution in [0.3, 0.4) is 0 Å². The largest absolute Gasteiger partial charge is 0.480 e. The van der Waals surface area contributed by atoms with Gasteiger partial charge in [0.2, 0.25) is 5.95 Å². The molecule has 1 aliphatic heterocycles. The summed E-state index contributed by atoms with van der Waals surface area (Å²) in [6.45, 7) is 1.44. The van der Waals surface area contributed by atoms with Crippen LogP contribution in [0.15, 0.2) is 18.2 Å². The van der Waals surface area contributed by atoms with Crippen LogP contribution in [0.5, 0.6) is 0 Å². The number of aromatic nitrogens is 2. The Hall–Kier alpha value is -2.68. The van der Waals surface area contributed by atoms with E-state index in [9.17, 15) is 14.9 Å². The van der Waals surface area contributed by atoms with Gasteiger partial charge in [0.05, 0.1) is 16.0 Å². The molecule has 1 aliphatic rings. The molecule has 2 heterocycles. The highest BCUT2D eigenvalue weighted by molar-refractivity contribution is 5.80. The van der Waals surface area contributed by atoms with E-state index in [1.807, 2.05) is 4.90 Å². The minimum atomic E-state index is -0.911. The van der Waals surface area contributed by atoms with Gasteiger partial charge in [-0.05, 0) is 6.07 Å². The van der Waals surface area contributed by atoms with Crippen molar-refractivity contribution in [1.29, 1.82) is 0 Å². The predicted molar refractivity (Wildman–Crippen MR) is 74.4 cm³/mol. The van der Waals surface area contributed by atoms with Gasteiger partial charge >= 0.3 is 5.97 Å². The van der Waals surface area contributed by atoms with E-state index >= 15 is 0 Å². The lowest BCUT2D eigenvalue weighted by Gasteiger charge is -2.31. The van der Waals surface area contributed by atoms with Gasteiger partial charge in [-0.1, -0.05) is 0 Å². The molecule has 0 radical (unpaired) electrons. The molecule has 1 aromatic heterocycles. The Bertz CT molecular complexity index is 713.